The van der Waals surface area contributed by atoms with Crippen molar-refractivity contribution < 1.29 is 45.5 Å². The number of carbonyl (C=O) groups is 2. The lowest BCUT2D eigenvalue weighted by Gasteiger charge is -2.19. The van der Waals surface area contributed by atoms with Crippen LogP contribution >= 0.6 is 7.60 Å². The lowest BCUT2D eigenvalue weighted by Crippen LogP contribution is -2.29. The maximum atomic E-state index is 12.5. The van der Waals surface area contributed by atoms with Gasteiger partial charge in [-0.1, -0.05) is 30.3 Å². The largest absolute Gasteiger partial charge is 0.478 e. The van der Waals surface area contributed by atoms with E-state index in [0.29, 0.717) is 158 Å². The molecule has 1 amide bonds. The van der Waals surface area contributed by atoms with E-state index in [1.165, 1.54) is 19.2 Å². The number of carboxylic acids is 1. The highest BCUT2D eigenvalue weighted by Crippen LogP contribution is 2.46. The lowest BCUT2D eigenvalue weighted by molar-refractivity contribution is 0.0696. The number of rotatable bonds is 23. The number of benzene rings is 6. The third kappa shape index (κ3) is 24.4. The van der Waals surface area contributed by atoms with E-state index in [9.17, 15) is 31.3 Å². The normalized spacial score (nSPS) is 12.0. The molecule has 0 saturated carbocycles. The maximum absolute atomic E-state index is 12.5. The second-order valence-corrected chi connectivity index (χ2v) is 32.9. The Kier molecular flexibility index (Phi) is 28.5. The van der Waals surface area contributed by atoms with Gasteiger partial charge >= 0.3 is 13.6 Å². The average Bonchev–Trinajstić information content (AvgIpc) is 0.818. The topological polar surface area (TPSA) is 627 Å². The predicted molar refractivity (Wildman–Crippen MR) is 475 cm³/mol. The third-order valence-corrected chi connectivity index (χ3v) is 21.1. The highest BCUT2D eigenvalue weighted by atomic mass is 32.2. The molecule has 15 rings (SSSR count). The number of nitrogen functional groups attached to an aromatic ring is 7. The van der Waals surface area contributed by atoms with Crippen LogP contribution in [0, 0.1) is 27.7 Å². The number of nitrogens with zero attached hydrogens (tertiary/aromatic N) is 19. The molecular weight excluding hydrogens is 1640 g/mol. The van der Waals surface area contributed by atoms with Gasteiger partial charge in [0.25, 0.3) is 5.91 Å². The summed E-state index contributed by atoms with van der Waals surface area (Å²) in [6.07, 6.45) is 10.5. The Labute approximate surface area is 704 Å². The minimum absolute atomic E-state index is 0.0630. The molecule has 0 saturated heterocycles. The van der Waals surface area contributed by atoms with E-state index in [2.05, 4.69) is 112 Å². The van der Waals surface area contributed by atoms with Crippen molar-refractivity contribution in [3.8, 4) is 0 Å². The van der Waals surface area contributed by atoms with E-state index in [1.54, 1.807) is 138 Å². The van der Waals surface area contributed by atoms with E-state index >= 15 is 0 Å². The molecule has 2 atom stereocenters. The van der Waals surface area contributed by atoms with Crippen LogP contribution in [0.3, 0.4) is 0 Å². The third-order valence-electron chi connectivity index (χ3n) is 17.5. The summed E-state index contributed by atoms with van der Waals surface area (Å²) in [7, 11) is -6.85. The summed E-state index contributed by atoms with van der Waals surface area (Å²) in [5.41, 5.74) is 56.5. The number of nitrogens with one attached hydrogen (secondary N) is 4. The molecule has 9 heterocycles. The Hall–Kier alpha value is -14.8. The Morgan fingerprint density at radius 2 is 0.984 bits per heavy atom. The van der Waals surface area contributed by atoms with Crippen LogP contribution in [0.5, 0.6) is 0 Å². The molecule has 0 spiro atoms. The zero-order valence-electron chi connectivity index (χ0n) is 67.7. The van der Waals surface area contributed by atoms with Crippen LogP contribution in [0.2, 0.25) is 0 Å². The molecule has 0 fully saturated rings. The molecule has 123 heavy (non-hydrogen) atoms. The molecule has 0 radical (unpaired) electrons. The van der Waals surface area contributed by atoms with Crippen molar-refractivity contribution in [3.05, 3.63) is 233 Å². The van der Waals surface area contributed by atoms with Gasteiger partial charge in [-0.05, 0) is 168 Å². The number of fused-ring (bicyclic) bond motifs is 5. The summed E-state index contributed by atoms with van der Waals surface area (Å²) in [6.45, 7) is 11.0. The Morgan fingerprint density at radius 3 is 1.51 bits per heavy atom. The minimum atomic E-state index is -3.63. The van der Waals surface area contributed by atoms with Crippen LogP contribution in [0.15, 0.2) is 169 Å². The van der Waals surface area contributed by atoms with E-state index in [1.807, 2.05) is 66.1 Å². The highest BCUT2D eigenvalue weighted by molar-refractivity contribution is 7.95. The Bertz CT molecular complexity index is 6720. The number of hydrogen-bond acceptors (Lipinski definition) is 37. The van der Waals surface area contributed by atoms with Gasteiger partial charge in [-0.2, -0.15) is 9.97 Å². The summed E-state index contributed by atoms with van der Waals surface area (Å²) >= 11 is 0. The van der Waals surface area contributed by atoms with Gasteiger partial charge in [0.15, 0.2) is 67.9 Å². The van der Waals surface area contributed by atoms with Gasteiger partial charge in [-0.25, -0.2) is 96.9 Å². The fourth-order valence-electron chi connectivity index (χ4n) is 11.7. The second-order valence-electron chi connectivity index (χ2n) is 27.3. The average molecular weight is 1720 g/mol. The fourth-order valence-corrected chi connectivity index (χ4v) is 14.1. The van der Waals surface area contributed by atoms with Crippen LogP contribution in [0.4, 0.5) is 63.3 Å². The number of anilines is 11. The molecule has 6 aromatic carbocycles. The minimum Gasteiger partial charge on any atom is -0.478 e. The first-order valence-electron chi connectivity index (χ1n) is 37.2. The number of aryl methyl sites for hydroxylation is 6. The Morgan fingerprint density at radius 1 is 0.512 bits per heavy atom. The molecule has 9 aromatic heterocycles. The first-order valence-corrected chi connectivity index (χ1v) is 42.3. The van der Waals surface area contributed by atoms with Crippen LogP contribution < -0.4 is 71.0 Å². The summed E-state index contributed by atoms with van der Waals surface area (Å²) < 4.78 is 68.0. The zero-order chi connectivity index (χ0) is 88.5. The molecule has 15 aromatic rings. The summed E-state index contributed by atoms with van der Waals surface area (Å²) in [6, 6.07) is 38.4. The highest BCUT2D eigenvalue weighted by Gasteiger charge is 2.26. The van der Waals surface area contributed by atoms with E-state index in [0.717, 1.165) is 62.6 Å². The van der Waals surface area contributed by atoms with Crippen molar-refractivity contribution in [2.75, 3.05) is 88.0 Å². The molecule has 40 nitrogen and oxygen atoms in total. The van der Waals surface area contributed by atoms with Crippen molar-refractivity contribution in [3.63, 3.8) is 0 Å². The number of carboxylic acid groups (broad SMARTS) is 1. The summed E-state index contributed by atoms with van der Waals surface area (Å²) in [4.78, 5) is 102. The molecule has 0 bridgehead atoms. The number of aromatic carboxylic acids is 1. The molecule has 0 aliphatic heterocycles. The fraction of sp³-hybridized carbons (Fsp3) is 0.188. The van der Waals surface area contributed by atoms with Crippen molar-refractivity contribution in [2.24, 2.45) is 0 Å². The van der Waals surface area contributed by atoms with E-state index in [-0.39, 0.29) is 28.7 Å². The zero-order valence-corrected chi connectivity index (χ0v) is 70.2. The molecule has 634 valence electrons. The smallest absolute Gasteiger partial charge is 0.361 e. The number of aromatic nitrogens is 18. The molecule has 43 heteroatoms. The van der Waals surface area contributed by atoms with Gasteiger partial charge in [-0.3, -0.25) is 14.3 Å². The maximum Gasteiger partial charge on any atom is 0.361 e. The van der Waals surface area contributed by atoms with Crippen LogP contribution in [0.1, 0.15) is 84.7 Å². The summed E-state index contributed by atoms with van der Waals surface area (Å²) in [5, 5.41) is 19.2. The number of carbonyl (C=O) groups excluding carboxylic acids is 1. The van der Waals surface area contributed by atoms with E-state index in [4.69, 9.17) is 54.3 Å². The molecule has 0 aliphatic carbocycles. The first-order chi connectivity index (χ1) is 58.5. The number of nitrogens with two attached hydrogens (primary N) is 7. The monoisotopic (exact) mass is 1720 g/mol. The lowest BCUT2D eigenvalue weighted by atomic mass is 10.1. The second kappa shape index (κ2) is 39.4. The van der Waals surface area contributed by atoms with Crippen molar-refractivity contribution in [1.82, 2.24) is 94.4 Å². The van der Waals surface area contributed by atoms with Crippen LogP contribution in [-0.2, 0) is 72.5 Å². The molecular formula is C80H87N30O10PS2. The number of amides is 1. The molecule has 2 unspecified atom stereocenters. The predicted octanol–water partition coefficient (Wildman–Crippen LogP) is 8.31. The number of hydrogen-bond donors (Lipinski definition) is 13. The summed E-state index contributed by atoms with van der Waals surface area (Å²) in [5.74, 6) is 4.31. The van der Waals surface area contributed by atoms with Crippen LogP contribution in [-0.4, -0.2) is 157 Å². The van der Waals surface area contributed by atoms with E-state index < -0.39 is 39.3 Å². The van der Waals surface area contributed by atoms with Crippen molar-refractivity contribution in [1.29, 1.82) is 0 Å². The SMILES string of the molecule is C=S(=O)(O)c1ccc(CCc2cnc3nc(N)nc(N)c3n2)cc1.CCOP(=O)(OC)c1ccc(NCc2cnc3nc(C)nc(N)c3n2)cc1.Cc1cc(N)c2nc(CNc3cccc(N)c3)cnc2c1.Cc1nc(N)c2nc(CN(C)c3cccc(C(=O)O)c3)cnc2n1.Cc1nc(N)c2nc(CNc3cccc(C(=O)NS(C)(=O)=O)c3)cnc2n1. The van der Waals surface area contributed by atoms with Gasteiger partial charge in [0.2, 0.25) is 16.0 Å². The standard InChI is InChI=1S/C17H21N6O3P.C16H17N7O3S.C16H16N6O2.C16H17N5.C15H16N6O2S/c1-4-26-27(24,25-3)14-7-5-12(6-8-14)19-9-13-10-20-17-15(23-13)16(18)21-11(2)22-17;1-9-20-14(17)13-15(21-9)19-8-12(22-13)7-18-11-5-3-4-10(6-11)16(24)23-27(2,25)26;1-9-19-14(17)13-15(20-9)18-7-11(21-13)8-22(2)12-5-3-4-10(6-12)16(23)24;1-10-5-14(18)16-15(6-10)20-9-13(21-16)8-19-12-4-2-3-11(17)7-12;1-24(22,23)11-6-3-9(4-7-11)2-5-10-8-18-14-12(19-10)13(16)20-15(17)21-14/h5-8,10,19H,4,9H2,1-3H3,(H2,18,20,21,22);3-6,8,18H,7H2,1-2H3,(H,23,24)(H2,17,19,20,21);3-7H,8H2,1-2H3,(H,23,24)(H2,17,18,19,20);2-7,9,19H,8,17-18H2,1H3;3-4,6-8H,1-2,5H2,(H,22,23)(H4,16,17,18,20,21). The van der Waals surface area contributed by atoms with Gasteiger partial charge in [0.05, 0.1) is 125 Å². The van der Waals surface area contributed by atoms with Gasteiger partial charge < -0.3 is 79.7 Å². The molecule has 0 aliphatic rings. The van der Waals surface area contributed by atoms with Crippen molar-refractivity contribution in [2.45, 2.75) is 78.5 Å². The van der Waals surface area contributed by atoms with Gasteiger partial charge in [0, 0.05) is 48.2 Å². The first kappa shape index (κ1) is 89.0. The Balaban J connectivity index is 0.000000150. The number of sulfonamides is 1. The molecule has 20 N–H and O–H groups in total. The van der Waals surface area contributed by atoms with Gasteiger partial charge in [0.1, 0.15) is 32.8 Å². The van der Waals surface area contributed by atoms with Crippen LogP contribution in [0.25, 0.3) is 55.7 Å². The van der Waals surface area contributed by atoms with Gasteiger partial charge in [-0.15, -0.1) is 0 Å². The van der Waals surface area contributed by atoms with Crippen molar-refractivity contribution >= 4 is 170 Å². The quantitative estimate of drug-likeness (QED) is 0.0162.